The van der Waals surface area contributed by atoms with Crippen LogP contribution in [-0.4, -0.2) is 27.0 Å². The monoisotopic (exact) mass is 232 g/mol. The highest BCUT2D eigenvalue weighted by Crippen LogP contribution is 2.20. The topological polar surface area (TPSA) is 64.4 Å². The van der Waals surface area contributed by atoms with Crippen LogP contribution in [0, 0.1) is 6.92 Å². The Labute approximate surface area is 92.6 Å². The van der Waals surface area contributed by atoms with E-state index in [0.717, 1.165) is 0 Å². The Kier molecular flexibility index (Phi) is 3.71. The first-order valence-corrected chi connectivity index (χ1v) is 4.83. The molecule has 0 radical (unpaired) electrons. The molecule has 1 aromatic rings. The molecule has 84 valence electrons. The fraction of sp³-hybridized carbons (Fsp3) is 0.556. The Bertz CT molecular complexity index is 376. The SMILES string of the molecule is Cc1nn(C)c(CO[C@H](C)C(=O)O)c1Cl. The number of aryl methyl sites for hydroxylation is 2. The number of rotatable bonds is 4. The Balaban J connectivity index is 2.69. The number of hydrogen-bond donors (Lipinski definition) is 1. The molecular weight excluding hydrogens is 220 g/mol. The van der Waals surface area contributed by atoms with Gasteiger partial charge in [0.15, 0.2) is 6.10 Å². The summed E-state index contributed by atoms with van der Waals surface area (Å²) in [5.74, 6) is -0.995. The lowest BCUT2D eigenvalue weighted by Gasteiger charge is -2.08. The first-order valence-electron chi connectivity index (χ1n) is 4.46. The Hall–Kier alpha value is -1.07. The Morgan fingerprint density at radius 2 is 2.33 bits per heavy atom. The third kappa shape index (κ3) is 2.70. The van der Waals surface area contributed by atoms with Crippen LogP contribution in [0.5, 0.6) is 0 Å². The van der Waals surface area contributed by atoms with Gasteiger partial charge in [-0.2, -0.15) is 5.10 Å². The van der Waals surface area contributed by atoms with E-state index in [9.17, 15) is 4.79 Å². The van der Waals surface area contributed by atoms with Crippen LogP contribution in [0.4, 0.5) is 0 Å². The first-order chi connectivity index (χ1) is 6.93. The van der Waals surface area contributed by atoms with E-state index in [1.165, 1.54) is 6.92 Å². The lowest BCUT2D eigenvalue weighted by molar-refractivity contribution is -0.150. The van der Waals surface area contributed by atoms with Gasteiger partial charge in [0.05, 0.1) is 23.0 Å². The molecule has 15 heavy (non-hydrogen) atoms. The number of nitrogens with zero attached hydrogens (tertiary/aromatic N) is 2. The highest BCUT2D eigenvalue weighted by Gasteiger charge is 2.15. The maximum atomic E-state index is 10.5. The Morgan fingerprint density at radius 1 is 1.73 bits per heavy atom. The van der Waals surface area contributed by atoms with Crippen molar-refractivity contribution in [1.29, 1.82) is 0 Å². The molecule has 0 fully saturated rings. The largest absolute Gasteiger partial charge is 0.479 e. The van der Waals surface area contributed by atoms with Crippen LogP contribution in [0.15, 0.2) is 0 Å². The van der Waals surface area contributed by atoms with Crippen LogP contribution < -0.4 is 0 Å². The third-order valence-corrected chi connectivity index (χ3v) is 2.57. The van der Waals surface area contributed by atoms with Crippen molar-refractivity contribution in [3.8, 4) is 0 Å². The van der Waals surface area contributed by atoms with Gasteiger partial charge < -0.3 is 9.84 Å². The molecule has 0 aliphatic heterocycles. The van der Waals surface area contributed by atoms with Crippen molar-refractivity contribution in [3.05, 3.63) is 16.4 Å². The van der Waals surface area contributed by atoms with Gasteiger partial charge in [-0.3, -0.25) is 4.68 Å². The third-order valence-electron chi connectivity index (χ3n) is 2.08. The quantitative estimate of drug-likeness (QED) is 0.852. The highest BCUT2D eigenvalue weighted by molar-refractivity contribution is 6.31. The van der Waals surface area contributed by atoms with E-state index < -0.39 is 12.1 Å². The van der Waals surface area contributed by atoms with Gasteiger partial charge >= 0.3 is 5.97 Å². The highest BCUT2D eigenvalue weighted by atomic mass is 35.5. The minimum atomic E-state index is -0.995. The summed E-state index contributed by atoms with van der Waals surface area (Å²) in [4.78, 5) is 10.5. The zero-order valence-electron chi connectivity index (χ0n) is 8.82. The first kappa shape index (κ1) is 12.0. The van der Waals surface area contributed by atoms with Gasteiger partial charge in [0, 0.05) is 7.05 Å². The van der Waals surface area contributed by atoms with Crippen molar-refractivity contribution in [2.24, 2.45) is 7.05 Å². The summed E-state index contributed by atoms with van der Waals surface area (Å²) in [6.45, 7) is 3.40. The standard InChI is InChI=1S/C9H13ClN2O3/c1-5-8(10)7(12(3)11-5)4-15-6(2)9(13)14/h6H,4H2,1-3H3,(H,13,14)/t6-/m1/s1. The van der Waals surface area contributed by atoms with Gasteiger partial charge in [-0.15, -0.1) is 0 Å². The van der Waals surface area contributed by atoms with Crippen LogP contribution in [0.25, 0.3) is 0 Å². The average molecular weight is 233 g/mol. The molecule has 5 nitrogen and oxygen atoms in total. The van der Waals surface area contributed by atoms with E-state index in [2.05, 4.69) is 5.10 Å². The molecule has 1 atom stereocenters. The van der Waals surface area contributed by atoms with E-state index in [-0.39, 0.29) is 6.61 Å². The van der Waals surface area contributed by atoms with Gasteiger partial charge in [0.2, 0.25) is 0 Å². The van der Waals surface area contributed by atoms with Crippen LogP contribution in [0.3, 0.4) is 0 Å². The van der Waals surface area contributed by atoms with Crippen LogP contribution >= 0.6 is 11.6 Å². The lowest BCUT2D eigenvalue weighted by atomic mass is 10.3. The van der Waals surface area contributed by atoms with Crippen molar-refractivity contribution in [2.45, 2.75) is 26.6 Å². The van der Waals surface area contributed by atoms with E-state index in [4.69, 9.17) is 21.4 Å². The zero-order valence-corrected chi connectivity index (χ0v) is 9.58. The molecule has 0 spiro atoms. The lowest BCUT2D eigenvalue weighted by Crippen LogP contribution is -2.20. The number of hydrogen-bond acceptors (Lipinski definition) is 3. The van der Waals surface area contributed by atoms with Crippen molar-refractivity contribution in [2.75, 3.05) is 0 Å². The van der Waals surface area contributed by atoms with Crippen molar-refractivity contribution < 1.29 is 14.6 Å². The van der Waals surface area contributed by atoms with Gasteiger partial charge in [0.25, 0.3) is 0 Å². The predicted octanol–water partition coefficient (Wildman–Crippen LogP) is 1.37. The number of ether oxygens (including phenoxy) is 1. The molecule has 6 heteroatoms. The molecule has 0 aliphatic carbocycles. The fourth-order valence-corrected chi connectivity index (χ4v) is 1.33. The summed E-state index contributed by atoms with van der Waals surface area (Å²) in [7, 11) is 1.74. The minimum absolute atomic E-state index is 0.143. The summed E-state index contributed by atoms with van der Waals surface area (Å²) in [6.07, 6.45) is -0.851. The number of carboxylic acid groups (broad SMARTS) is 1. The van der Waals surface area contributed by atoms with Gasteiger partial charge in [-0.1, -0.05) is 11.6 Å². The smallest absolute Gasteiger partial charge is 0.332 e. The number of carboxylic acids is 1. The van der Waals surface area contributed by atoms with Crippen molar-refractivity contribution >= 4 is 17.6 Å². The molecule has 0 saturated heterocycles. The van der Waals surface area contributed by atoms with Crippen molar-refractivity contribution in [3.63, 3.8) is 0 Å². The van der Waals surface area contributed by atoms with E-state index >= 15 is 0 Å². The summed E-state index contributed by atoms with van der Waals surface area (Å²) in [5, 5.41) is 13.2. The van der Waals surface area contributed by atoms with Crippen LogP contribution in [0.1, 0.15) is 18.3 Å². The molecule has 0 aromatic carbocycles. The summed E-state index contributed by atoms with van der Waals surface area (Å²) in [5.41, 5.74) is 1.39. The van der Waals surface area contributed by atoms with E-state index in [1.54, 1.807) is 18.7 Å². The molecule has 1 aromatic heterocycles. The molecule has 0 aliphatic rings. The average Bonchev–Trinajstić information content (AvgIpc) is 2.38. The number of aliphatic carboxylic acids is 1. The van der Waals surface area contributed by atoms with Gasteiger partial charge in [0.1, 0.15) is 0 Å². The second kappa shape index (κ2) is 4.63. The van der Waals surface area contributed by atoms with E-state index in [0.29, 0.717) is 16.4 Å². The summed E-state index contributed by atoms with van der Waals surface area (Å²) in [6, 6.07) is 0. The molecule has 1 heterocycles. The van der Waals surface area contributed by atoms with E-state index in [1.807, 2.05) is 0 Å². The molecule has 0 amide bonds. The number of aromatic nitrogens is 2. The molecular formula is C9H13ClN2O3. The second-order valence-corrected chi connectivity index (χ2v) is 3.64. The fourth-order valence-electron chi connectivity index (χ4n) is 1.11. The molecule has 0 unspecified atom stereocenters. The zero-order chi connectivity index (χ0) is 11.6. The summed E-state index contributed by atoms with van der Waals surface area (Å²) >= 11 is 5.97. The van der Waals surface area contributed by atoms with Gasteiger partial charge in [-0.05, 0) is 13.8 Å². The van der Waals surface area contributed by atoms with Crippen LogP contribution in [-0.2, 0) is 23.2 Å². The normalized spacial score (nSPS) is 12.8. The molecule has 0 saturated carbocycles. The predicted molar refractivity (Wildman–Crippen MR) is 54.8 cm³/mol. The number of carbonyl (C=O) groups is 1. The molecule has 0 bridgehead atoms. The summed E-state index contributed by atoms with van der Waals surface area (Å²) < 4.78 is 6.71. The Morgan fingerprint density at radius 3 is 2.73 bits per heavy atom. The maximum Gasteiger partial charge on any atom is 0.332 e. The minimum Gasteiger partial charge on any atom is -0.479 e. The molecule has 1 N–H and O–H groups in total. The van der Waals surface area contributed by atoms with Crippen molar-refractivity contribution in [1.82, 2.24) is 9.78 Å². The number of halogens is 1. The maximum absolute atomic E-state index is 10.5. The molecule has 1 rings (SSSR count). The van der Waals surface area contributed by atoms with Crippen LogP contribution in [0.2, 0.25) is 5.02 Å². The second-order valence-electron chi connectivity index (χ2n) is 3.26. The van der Waals surface area contributed by atoms with Gasteiger partial charge in [-0.25, -0.2) is 4.79 Å².